The van der Waals surface area contributed by atoms with Crippen LogP contribution in [0.15, 0.2) is 18.5 Å². The molecule has 0 aliphatic carbocycles. The number of hydrogen-bond acceptors (Lipinski definition) is 3. The Hall–Kier alpha value is -1.16. The Bertz CT molecular complexity index is 230. The number of nitrogens with one attached hydrogen (secondary N) is 1. The molecule has 1 aromatic heterocycles. The molecule has 4 heteroatoms. The van der Waals surface area contributed by atoms with Gasteiger partial charge in [0.2, 0.25) is 0 Å². The van der Waals surface area contributed by atoms with Crippen molar-refractivity contribution in [1.82, 2.24) is 15.2 Å². The maximum Gasteiger partial charge on any atom is 0.153 e. The van der Waals surface area contributed by atoms with Crippen molar-refractivity contribution in [1.29, 1.82) is 0 Å². The van der Waals surface area contributed by atoms with Gasteiger partial charge in [0, 0.05) is 6.42 Å². The molecular weight excluding hydrogens is 142 g/mol. The molecule has 11 heavy (non-hydrogen) atoms. The van der Waals surface area contributed by atoms with E-state index < -0.39 is 6.10 Å². The summed E-state index contributed by atoms with van der Waals surface area (Å²) in [6.07, 6.45) is 1.29. The van der Waals surface area contributed by atoms with Crippen molar-refractivity contribution in [2.24, 2.45) is 0 Å². The second-order valence-electron chi connectivity index (χ2n) is 2.55. The van der Waals surface area contributed by atoms with Crippen molar-refractivity contribution < 1.29 is 5.11 Å². The van der Waals surface area contributed by atoms with E-state index in [1.54, 1.807) is 0 Å². The average molecular weight is 153 g/mol. The number of rotatable bonds is 3. The van der Waals surface area contributed by atoms with E-state index in [1.807, 2.05) is 6.92 Å². The van der Waals surface area contributed by atoms with Crippen molar-refractivity contribution in [3.8, 4) is 0 Å². The largest absolute Gasteiger partial charge is 0.385 e. The van der Waals surface area contributed by atoms with Gasteiger partial charge in [-0.2, -0.15) is 5.10 Å². The average Bonchev–Trinajstić information content (AvgIpc) is 2.35. The summed E-state index contributed by atoms with van der Waals surface area (Å²) in [7, 11) is 0. The molecule has 0 amide bonds. The summed E-state index contributed by atoms with van der Waals surface area (Å²) in [5.41, 5.74) is 0.925. The van der Waals surface area contributed by atoms with E-state index in [0.717, 1.165) is 5.57 Å². The van der Waals surface area contributed by atoms with Crippen molar-refractivity contribution in [3.05, 3.63) is 24.3 Å². The second-order valence-corrected chi connectivity index (χ2v) is 2.55. The highest BCUT2D eigenvalue weighted by Gasteiger charge is 2.09. The molecule has 1 aromatic rings. The molecule has 0 saturated heterocycles. The second kappa shape index (κ2) is 3.30. The van der Waals surface area contributed by atoms with E-state index in [2.05, 4.69) is 21.8 Å². The summed E-state index contributed by atoms with van der Waals surface area (Å²) in [5, 5.41) is 15.6. The highest BCUT2D eigenvalue weighted by atomic mass is 16.3. The van der Waals surface area contributed by atoms with Gasteiger partial charge in [-0.3, -0.25) is 5.10 Å². The van der Waals surface area contributed by atoms with Crippen LogP contribution in [-0.4, -0.2) is 20.3 Å². The Kier molecular flexibility index (Phi) is 2.38. The highest BCUT2D eigenvalue weighted by Crippen LogP contribution is 2.14. The lowest BCUT2D eigenvalue weighted by atomic mass is 10.1. The molecule has 0 radical (unpaired) electrons. The molecule has 0 fully saturated rings. The lowest BCUT2D eigenvalue weighted by Gasteiger charge is -2.04. The monoisotopic (exact) mass is 153 g/mol. The summed E-state index contributed by atoms with van der Waals surface area (Å²) < 4.78 is 0. The van der Waals surface area contributed by atoms with Crippen LogP contribution in [0.25, 0.3) is 0 Å². The van der Waals surface area contributed by atoms with Gasteiger partial charge in [-0.1, -0.05) is 5.57 Å². The number of aromatic nitrogens is 3. The van der Waals surface area contributed by atoms with Crippen LogP contribution in [0, 0.1) is 0 Å². The van der Waals surface area contributed by atoms with Crippen LogP contribution < -0.4 is 0 Å². The topological polar surface area (TPSA) is 61.8 Å². The first-order valence-electron chi connectivity index (χ1n) is 3.38. The summed E-state index contributed by atoms with van der Waals surface area (Å²) in [6.45, 7) is 5.54. The molecular formula is C7H11N3O. The minimum atomic E-state index is -0.602. The van der Waals surface area contributed by atoms with Crippen LogP contribution in [0.5, 0.6) is 0 Å². The van der Waals surface area contributed by atoms with E-state index in [9.17, 15) is 5.11 Å². The predicted molar refractivity (Wildman–Crippen MR) is 40.8 cm³/mol. The van der Waals surface area contributed by atoms with Crippen LogP contribution in [0.4, 0.5) is 0 Å². The zero-order valence-electron chi connectivity index (χ0n) is 6.41. The van der Waals surface area contributed by atoms with Crippen molar-refractivity contribution in [3.63, 3.8) is 0 Å². The zero-order valence-corrected chi connectivity index (χ0v) is 6.41. The number of nitrogens with zero attached hydrogens (tertiary/aromatic N) is 2. The minimum absolute atomic E-state index is 0.494. The lowest BCUT2D eigenvalue weighted by molar-refractivity contribution is 0.169. The third kappa shape index (κ3) is 2.16. The van der Waals surface area contributed by atoms with Crippen molar-refractivity contribution in [2.75, 3.05) is 0 Å². The third-order valence-corrected chi connectivity index (χ3v) is 1.29. The molecule has 1 atom stereocenters. The molecule has 0 spiro atoms. The van der Waals surface area contributed by atoms with Crippen LogP contribution in [0.2, 0.25) is 0 Å². The number of aromatic amines is 1. The smallest absolute Gasteiger partial charge is 0.153 e. The summed E-state index contributed by atoms with van der Waals surface area (Å²) in [6, 6.07) is 0. The van der Waals surface area contributed by atoms with Gasteiger partial charge in [0.25, 0.3) is 0 Å². The first-order chi connectivity index (χ1) is 5.20. The highest BCUT2D eigenvalue weighted by molar-refractivity contribution is 4.97. The summed E-state index contributed by atoms with van der Waals surface area (Å²) >= 11 is 0. The van der Waals surface area contributed by atoms with Gasteiger partial charge in [-0.15, -0.1) is 6.58 Å². The molecule has 1 rings (SSSR count). The standard InChI is InChI=1S/C7H11N3O/c1-5(2)3-6(11)7-8-4-9-10-7/h4,6,11H,1,3H2,2H3,(H,8,9,10). The first-order valence-corrected chi connectivity index (χ1v) is 3.38. The van der Waals surface area contributed by atoms with Gasteiger partial charge < -0.3 is 5.11 Å². The fraction of sp³-hybridized carbons (Fsp3) is 0.429. The fourth-order valence-corrected chi connectivity index (χ4v) is 0.802. The predicted octanol–water partition coefficient (Wildman–Crippen LogP) is 0.804. The SMILES string of the molecule is C=C(C)CC(O)c1ncn[nH]1. The van der Waals surface area contributed by atoms with Crippen LogP contribution in [0.1, 0.15) is 25.3 Å². The van der Waals surface area contributed by atoms with Crippen molar-refractivity contribution >= 4 is 0 Å². The Balaban J connectivity index is 2.56. The maximum atomic E-state index is 9.39. The summed E-state index contributed by atoms with van der Waals surface area (Å²) in [4.78, 5) is 3.81. The molecule has 0 bridgehead atoms. The van der Waals surface area contributed by atoms with Gasteiger partial charge in [0.15, 0.2) is 5.82 Å². The molecule has 0 aromatic carbocycles. The van der Waals surface area contributed by atoms with Gasteiger partial charge in [0.05, 0.1) is 0 Å². The zero-order chi connectivity index (χ0) is 8.27. The van der Waals surface area contributed by atoms with E-state index in [4.69, 9.17) is 0 Å². The van der Waals surface area contributed by atoms with Gasteiger partial charge in [-0.25, -0.2) is 4.98 Å². The minimum Gasteiger partial charge on any atom is -0.385 e. The fourth-order valence-electron chi connectivity index (χ4n) is 0.802. The molecule has 1 unspecified atom stereocenters. The van der Waals surface area contributed by atoms with Crippen LogP contribution in [0.3, 0.4) is 0 Å². The number of hydrogen-bond donors (Lipinski definition) is 2. The Morgan fingerprint density at radius 2 is 2.64 bits per heavy atom. The number of aliphatic hydroxyl groups excluding tert-OH is 1. The van der Waals surface area contributed by atoms with E-state index in [-0.39, 0.29) is 0 Å². The van der Waals surface area contributed by atoms with Gasteiger partial charge in [-0.05, 0) is 6.92 Å². The lowest BCUT2D eigenvalue weighted by Crippen LogP contribution is -1.99. The Morgan fingerprint density at radius 3 is 3.09 bits per heavy atom. The number of H-pyrrole nitrogens is 1. The summed E-state index contributed by atoms with van der Waals surface area (Å²) in [5.74, 6) is 0.494. The maximum absolute atomic E-state index is 9.39. The van der Waals surface area contributed by atoms with Crippen LogP contribution in [-0.2, 0) is 0 Å². The van der Waals surface area contributed by atoms with Crippen molar-refractivity contribution in [2.45, 2.75) is 19.4 Å². The van der Waals surface area contributed by atoms with E-state index >= 15 is 0 Å². The molecule has 4 nitrogen and oxygen atoms in total. The Morgan fingerprint density at radius 1 is 1.91 bits per heavy atom. The molecule has 0 saturated carbocycles. The van der Waals surface area contributed by atoms with E-state index in [0.29, 0.717) is 12.2 Å². The van der Waals surface area contributed by atoms with Gasteiger partial charge >= 0.3 is 0 Å². The molecule has 0 aliphatic heterocycles. The Labute approximate surface area is 65.0 Å². The van der Waals surface area contributed by atoms with Gasteiger partial charge in [0.1, 0.15) is 12.4 Å². The molecule has 1 heterocycles. The first kappa shape index (κ1) is 7.94. The third-order valence-electron chi connectivity index (χ3n) is 1.29. The molecule has 0 aliphatic rings. The molecule has 60 valence electrons. The van der Waals surface area contributed by atoms with Crippen LogP contribution >= 0.6 is 0 Å². The molecule has 2 N–H and O–H groups in total. The normalized spacial score (nSPS) is 12.9. The quantitative estimate of drug-likeness (QED) is 0.631. The number of aliphatic hydroxyl groups is 1. The van der Waals surface area contributed by atoms with E-state index in [1.165, 1.54) is 6.33 Å².